The van der Waals surface area contributed by atoms with Crippen LogP contribution in [-0.2, 0) is 7.05 Å². The fourth-order valence-corrected chi connectivity index (χ4v) is 4.46. The number of benzene rings is 4. The molecular weight excluding hydrogens is 316 g/mol. The molecular formula is C24H17N2+. The SMILES string of the molecule is C[n+]1cn(-c2ccc3c4c(cccc24)-c2ccccc2-3)c2ccccc21. The lowest BCUT2D eigenvalue weighted by atomic mass is 10.0. The molecule has 1 aliphatic carbocycles. The van der Waals surface area contributed by atoms with Crippen LogP contribution in [0.3, 0.4) is 0 Å². The summed E-state index contributed by atoms with van der Waals surface area (Å²) in [6.07, 6.45) is 2.18. The Bertz CT molecular complexity index is 1310. The predicted molar refractivity (Wildman–Crippen MR) is 106 cm³/mol. The highest BCUT2D eigenvalue weighted by Gasteiger charge is 2.24. The van der Waals surface area contributed by atoms with Crippen LogP contribution in [0.4, 0.5) is 0 Å². The fourth-order valence-electron chi connectivity index (χ4n) is 4.46. The van der Waals surface area contributed by atoms with Crippen molar-refractivity contribution in [1.82, 2.24) is 4.57 Å². The second kappa shape index (κ2) is 4.83. The van der Waals surface area contributed by atoms with E-state index in [2.05, 4.69) is 101 Å². The van der Waals surface area contributed by atoms with Gasteiger partial charge in [-0.1, -0.05) is 54.6 Å². The molecule has 4 aromatic carbocycles. The highest BCUT2D eigenvalue weighted by molar-refractivity contribution is 6.17. The van der Waals surface area contributed by atoms with Crippen molar-refractivity contribution < 1.29 is 4.57 Å². The third-order valence-corrected chi connectivity index (χ3v) is 5.59. The van der Waals surface area contributed by atoms with E-state index >= 15 is 0 Å². The van der Waals surface area contributed by atoms with E-state index in [9.17, 15) is 0 Å². The molecule has 122 valence electrons. The number of aromatic nitrogens is 2. The number of para-hydroxylation sites is 2. The number of fused-ring (bicyclic) bond motifs is 4. The average molecular weight is 333 g/mol. The predicted octanol–water partition coefficient (Wildman–Crippen LogP) is 5.26. The maximum atomic E-state index is 2.31. The molecule has 2 heteroatoms. The minimum atomic E-state index is 1.23. The van der Waals surface area contributed by atoms with E-state index in [-0.39, 0.29) is 0 Å². The van der Waals surface area contributed by atoms with Gasteiger partial charge < -0.3 is 0 Å². The zero-order chi connectivity index (χ0) is 17.3. The largest absolute Gasteiger partial charge is 0.249 e. The van der Waals surface area contributed by atoms with Crippen LogP contribution in [0.2, 0.25) is 0 Å². The number of nitrogens with zero attached hydrogens (tertiary/aromatic N) is 2. The van der Waals surface area contributed by atoms with Crippen molar-refractivity contribution in [3.05, 3.63) is 85.2 Å². The van der Waals surface area contributed by atoms with Crippen LogP contribution in [0.25, 0.3) is 49.7 Å². The summed E-state index contributed by atoms with van der Waals surface area (Å²) in [5.74, 6) is 0. The van der Waals surface area contributed by atoms with Crippen molar-refractivity contribution in [2.45, 2.75) is 0 Å². The Kier molecular flexibility index (Phi) is 2.57. The van der Waals surface area contributed by atoms with Crippen molar-refractivity contribution in [1.29, 1.82) is 0 Å². The first-order valence-corrected chi connectivity index (χ1v) is 8.94. The van der Waals surface area contributed by atoms with Crippen LogP contribution in [0.15, 0.2) is 85.2 Å². The van der Waals surface area contributed by atoms with Gasteiger partial charge in [0.15, 0.2) is 11.0 Å². The average Bonchev–Trinajstić information content (AvgIpc) is 3.20. The lowest BCUT2D eigenvalue weighted by Gasteiger charge is -2.06. The van der Waals surface area contributed by atoms with Gasteiger partial charge in [0, 0.05) is 10.8 Å². The second-order valence-electron chi connectivity index (χ2n) is 6.99. The van der Waals surface area contributed by atoms with Gasteiger partial charge in [-0.2, -0.15) is 4.57 Å². The summed E-state index contributed by atoms with van der Waals surface area (Å²) in [7, 11) is 2.11. The molecule has 0 spiro atoms. The first-order chi connectivity index (χ1) is 12.8. The summed E-state index contributed by atoms with van der Waals surface area (Å²) in [6.45, 7) is 0. The second-order valence-corrected chi connectivity index (χ2v) is 6.99. The molecule has 2 nitrogen and oxygen atoms in total. The highest BCUT2D eigenvalue weighted by atomic mass is 15.1. The molecule has 0 aliphatic heterocycles. The Morgan fingerprint density at radius 1 is 0.654 bits per heavy atom. The molecule has 0 saturated heterocycles. The number of hydrogen-bond donors (Lipinski definition) is 0. The topological polar surface area (TPSA) is 8.81 Å². The van der Waals surface area contributed by atoms with Gasteiger partial charge in [0.05, 0.1) is 7.05 Å². The Hall–Kier alpha value is -3.39. The lowest BCUT2D eigenvalue weighted by molar-refractivity contribution is -0.645. The molecule has 0 N–H and O–H groups in total. The van der Waals surface area contributed by atoms with Gasteiger partial charge in [0.1, 0.15) is 5.69 Å². The van der Waals surface area contributed by atoms with Crippen molar-refractivity contribution in [2.24, 2.45) is 7.05 Å². The molecule has 0 saturated carbocycles. The van der Waals surface area contributed by atoms with E-state index in [4.69, 9.17) is 0 Å². The molecule has 0 atom stereocenters. The maximum Gasteiger partial charge on any atom is 0.249 e. The number of hydrogen-bond acceptors (Lipinski definition) is 0. The molecule has 1 heterocycles. The highest BCUT2D eigenvalue weighted by Crippen LogP contribution is 2.48. The van der Waals surface area contributed by atoms with Crippen LogP contribution >= 0.6 is 0 Å². The Morgan fingerprint density at radius 2 is 1.35 bits per heavy atom. The van der Waals surface area contributed by atoms with E-state index in [0.717, 1.165) is 0 Å². The molecule has 0 fully saturated rings. The Labute approximate surface area is 151 Å². The van der Waals surface area contributed by atoms with Crippen LogP contribution in [0.1, 0.15) is 0 Å². The summed E-state index contributed by atoms with van der Waals surface area (Å²) in [5, 5.41) is 2.67. The van der Waals surface area contributed by atoms with Gasteiger partial charge >= 0.3 is 0 Å². The summed E-state index contributed by atoms with van der Waals surface area (Å²) in [4.78, 5) is 0. The number of imidazole rings is 1. The van der Waals surface area contributed by atoms with E-state index in [0.29, 0.717) is 0 Å². The van der Waals surface area contributed by atoms with E-state index < -0.39 is 0 Å². The molecule has 6 rings (SSSR count). The van der Waals surface area contributed by atoms with Gasteiger partial charge in [0.2, 0.25) is 6.33 Å². The normalized spacial score (nSPS) is 12.0. The van der Waals surface area contributed by atoms with Crippen LogP contribution in [0.5, 0.6) is 0 Å². The smallest absolute Gasteiger partial charge is 0.232 e. The van der Waals surface area contributed by atoms with Crippen molar-refractivity contribution in [3.63, 3.8) is 0 Å². The molecule has 0 amide bonds. The standard InChI is InChI=1S/C24H17N2/c1-25-15-26(23-12-5-4-11-22(23)25)21-14-13-19-17-8-3-2-7-16(17)18-9-6-10-20(21)24(18)19/h2-15H,1H3/q+1. The summed E-state index contributed by atoms with van der Waals surface area (Å²) in [5.41, 5.74) is 9.06. The lowest BCUT2D eigenvalue weighted by Crippen LogP contribution is -2.25. The first-order valence-electron chi connectivity index (χ1n) is 8.94. The van der Waals surface area contributed by atoms with Gasteiger partial charge in [-0.15, -0.1) is 0 Å². The minimum absolute atomic E-state index is 1.23. The monoisotopic (exact) mass is 333 g/mol. The Morgan fingerprint density at radius 3 is 2.19 bits per heavy atom. The maximum absolute atomic E-state index is 2.31. The van der Waals surface area contributed by atoms with Gasteiger partial charge in [-0.25, -0.2) is 4.57 Å². The van der Waals surface area contributed by atoms with Gasteiger partial charge in [-0.05, 0) is 46.5 Å². The van der Waals surface area contributed by atoms with Gasteiger partial charge in [0.25, 0.3) is 0 Å². The first kappa shape index (κ1) is 13.9. The van der Waals surface area contributed by atoms with E-state index in [1.54, 1.807) is 0 Å². The zero-order valence-electron chi connectivity index (χ0n) is 14.5. The molecule has 1 aliphatic rings. The van der Waals surface area contributed by atoms with Crippen LogP contribution in [0, 0.1) is 0 Å². The molecule has 5 aromatic rings. The van der Waals surface area contributed by atoms with Crippen molar-refractivity contribution in [3.8, 4) is 27.9 Å². The molecule has 1 aromatic heterocycles. The van der Waals surface area contributed by atoms with Crippen LogP contribution < -0.4 is 4.57 Å². The van der Waals surface area contributed by atoms with Gasteiger partial charge in [-0.3, -0.25) is 0 Å². The van der Waals surface area contributed by atoms with Crippen LogP contribution in [-0.4, -0.2) is 4.57 Å². The summed E-state index contributed by atoms with van der Waals surface area (Å²) < 4.78 is 4.49. The molecule has 0 radical (unpaired) electrons. The Balaban J connectivity index is 1.74. The third kappa shape index (κ3) is 1.64. The third-order valence-electron chi connectivity index (χ3n) is 5.59. The molecule has 26 heavy (non-hydrogen) atoms. The molecule has 0 bridgehead atoms. The summed E-state index contributed by atoms with van der Waals surface area (Å²) >= 11 is 0. The van der Waals surface area contributed by atoms with Crippen molar-refractivity contribution >= 4 is 21.8 Å². The fraction of sp³-hybridized carbons (Fsp3) is 0.0417. The van der Waals surface area contributed by atoms with Crippen molar-refractivity contribution in [2.75, 3.05) is 0 Å². The van der Waals surface area contributed by atoms with E-state index in [1.807, 2.05) is 0 Å². The molecule has 0 unspecified atom stereocenters. The number of aryl methyl sites for hydroxylation is 1. The number of rotatable bonds is 1. The zero-order valence-corrected chi connectivity index (χ0v) is 14.5. The quantitative estimate of drug-likeness (QED) is 0.363. The van der Waals surface area contributed by atoms with E-state index in [1.165, 1.54) is 49.7 Å². The summed E-state index contributed by atoms with van der Waals surface area (Å²) in [6, 6.07) is 28.5. The minimum Gasteiger partial charge on any atom is -0.232 e.